The van der Waals surface area contributed by atoms with Gasteiger partial charge in [-0.1, -0.05) is 27.7 Å². The van der Waals surface area contributed by atoms with Gasteiger partial charge in [-0.25, -0.2) is 0 Å². The number of amides is 1. The first kappa shape index (κ1) is 15.5. The Morgan fingerprint density at radius 1 is 1.28 bits per heavy atom. The minimum atomic E-state index is 0.180. The van der Waals surface area contributed by atoms with Gasteiger partial charge >= 0.3 is 0 Å². The predicted molar refractivity (Wildman–Crippen MR) is 76.2 cm³/mol. The molecule has 1 fully saturated rings. The third kappa shape index (κ3) is 3.98. The number of carbonyl (C=O) groups is 1. The van der Waals surface area contributed by atoms with Crippen LogP contribution in [0.4, 0.5) is 0 Å². The molecule has 0 saturated heterocycles. The Bertz CT molecular complexity index is 261. The molecule has 3 heteroatoms. The Labute approximate surface area is 112 Å². The number of hydrogen-bond acceptors (Lipinski definition) is 2. The maximum absolute atomic E-state index is 12.7. The van der Waals surface area contributed by atoms with E-state index in [0.29, 0.717) is 17.9 Å². The van der Waals surface area contributed by atoms with Crippen molar-refractivity contribution in [2.45, 2.75) is 71.9 Å². The summed E-state index contributed by atoms with van der Waals surface area (Å²) in [6.45, 7) is 9.60. The van der Waals surface area contributed by atoms with Gasteiger partial charge in [0, 0.05) is 24.5 Å². The summed E-state index contributed by atoms with van der Waals surface area (Å²) < 4.78 is 0. The van der Waals surface area contributed by atoms with Crippen LogP contribution in [0.3, 0.4) is 0 Å². The second kappa shape index (κ2) is 7.13. The molecule has 1 amide bonds. The lowest BCUT2D eigenvalue weighted by atomic mass is 10.0. The summed E-state index contributed by atoms with van der Waals surface area (Å²) in [5.74, 6) is 1.06. The fourth-order valence-corrected chi connectivity index (χ4v) is 3.02. The summed E-state index contributed by atoms with van der Waals surface area (Å²) in [6.07, 6.45) is 4.97. The molecule has 3 nitrogen and oxygen atoms in total. The van der Waals surface area contributed by atoms with E-state index in [1.807, 2.05) is 0 Å². The van der Waals surface area contributed by atoms with E-state index in [-0.39, 0.29) is 12.0 Å². The number of hydrogen-bond donors (Lipinski definition) is 1. The molecule has 0 aromatic carbocycles. The van der Waals surface area contributed by atoms with Crippen LogP contribution in [0, 0.1) is 11.8 Å². The van der Waals surface area contributed by atoms with Crippen molar-refractivity contribution in [2.75, 3.05) is 6.54 Å². The van der Waals surface area contributed by atoms with Gasteiger partial charge in [-0.05, 0) is 38.0 Å². The lowest BCUT2D eigenvalue weighted by Crippen LogP contribution is -2.44. The number of carbonyl (C=O) groups excluding carboxylic acids is 1. The monoisotopic (exact) mass is 254 g/mol. The van der Waals surface area contributed by atoms with Crippen molar-refractivity contribution in [3.8, 4) is 0 Å². The molecule has 2 atom stereocenters. The van der Waals surface area contributed by atoms with E-state index in [9.17, 15) is 4.79 Å². The van der Waals surface area contributed by atoms with Crippen LogP contribution in [0.15, 0.2) is 0 Å². The fraction of sp³-hybridized carbons (Fsp3) is 0.933. The van der Waals surface area contributed by atoms with Gasteiger partial charge in [-0.3, -0.25) is 4.79 Å². The molecule has 1 saturated carbocycles. The fourth-order valence-electron chi connectivity index (χ4n) is 3.02. The first-order valence-corrected chi connectivity index (χ1v) is 7.55. The molecule has 0 spiro atoms. The van der Waals surface area contributed by atoms with Crippen molar-refractivity contribution < 1.29 is 4.79 Å². The Balaban J connectivity index is 2.71. The largest absolute Gasteiger partial charge is 0.339 e. The van der Waals surface area contributed by atoms with Crippen molar-refractivity contribution in [2.24, 2.45) is 17.6 Å². The van der Waals surface area contributed by atoms with Crippen LogP contribution in [-0.2, 0) is 4.79 Å². The summed E-state index contributed by atoms with van der Waals surface area (Å²) in [7, 11) is 0. The standard InChI is InChI=1S/C15H30N2O/c1-5-14(6-2)17(10-11(3)4)15(18)12-7-8-13(16)9-12/h11-14H,5-10,16H2,1-4H3/t12-,13+/m1/s1. The zero-order valence-electron chi connectivity index (χ0n) is 12.5. The lowest BCUT2D eigenvalue weighted by molar-refractivity contribution is -0.138. The van der Waals surface area contributed by atoms with E-state index in [1.165, 1.54) is 0 Å². The van der Waals surface area contributed by atoms with E-state index >= 15 is 0 Å². The van der Waals surface area contributed by atoms with E-state index < -0.39 is 0 Å². The lowest BCUT2D eigenvalue weighted by Gasteiger charge is -2.34. The van der Waals surface area contributed by atoms with E-state index in [1.54, 1.807) is 0 Å². The van der Waals surface area contributed by atoms with Gasteiger partial charge in [-0.2, -0.15) is 0 Å². The molecule has 0 radical (unpaired) electrons. The Kier molecular flexibility index (Phi) is 6.13. The summed E-state index contributed by atoms with van der Waals surface area (Å²) in [4.78, 5) is 14.8. The average Bonchev–Trinajstić information content (AvgIpc) is 2.74. The van der Waals surface area contributed by atoms with Gasteiger partial charge in [0.25, 0.3) is 0 Å². The highest BCUT2D eigenvalue weighted by Crippen LogP contribution is 2.28. The van der Waals surface area contributed by atoms with E-state index in [0.717, 1.165) is 38.6 Å². The normalized spacial score (nSPS) is 23.9. The van der Waals surface area contributed by atoms with Crippen LogP contribution in [0.25, 0.3) is 0 Å². The highest BCUT2D eigenvalue weighted by molar-refractivity contribution is 5.79. The predicted octanol–water partition coefficient (Wildman–Crippen LogP) is 2.79. The van der Waals surface area contributed by atoms with Crippen molar-refractivity contribution >= 4 is 5.91 Å². The van der Waals surface area contributed by atoms with Gasteiger partial charge in [0.2, 0.25) is 5.91 Å². The second-order valence-corrected chi connectivity index (χ2v) is 6.12. The smallest absolute Gasteiger partial charge is 0.225 e. The molecule has 18 heavy (non-hydrogen) atoms. The minimum absolute atomic E-state index is 0.180. The number of nitrogens with two attached hydrogens (primary N) is 1. The Morgan fingerprint density at radius 3 is 2.28 bits per heavy atom. The highest BCUT2D eigenvalue weighted by atomic mass is 16.2. The zero-order chi connectivity index (χ0) is 13.7. The van der Waals surface area contributed by atoms with Crippen LogP contribution in [0.2, 0.25) is 0 Å². The van der Waals surface area contributed by atoms with Gasteiger partial charge in [-0.15, -0.1) is 0 Å². The van der Waals surface area contributed by atoms with Crippen molar-refractivity contribution in [3.63, 3.8) is 0 Å². The molecule has 2 N–H and O–H groups in total. The minimum Gasteiger partial charge on any atom is -0.339 e. The van der Waals surface area contributed by atoms with Crippen LogP contribution in [0.5, 0.6) is 0 Å². The number of rotatable bonds is 6. The summed E-state index contributed by atoms with van der Waals surface area (Å²) >= 11 is 0. The zero-order valence-corrected chi connectivity index (χ0v) is 12.5. The molecule has 0 bridgehead atoms. The first-order valence-electron chi connectivity index (χ1n) is 7.55. The molecule has 0 unspecified atom stereocenters. The molecule has 1 aliphatic rings. The SMILES string of the molecule is CCC(CC)N(CC(C)C)C(=O)[C@@H]1CC[C@H](N)C1. The molecular weight excluding hydrogens is 224 g/mol. The summed E-state index contributed by atoms with van der Waals surface area (Å²) in [6, 6.07) is 0.637. The molecule has 106 valence electrons. The topological polar surface area (TPSA) is 46.3 Å². The van der Waals surface area contributed by atoms with Crippen LogP contribution in [0.1, 0.15) is 59.8 Å². The van der Waals surface area contributed by atoms with Gasteiger partial charge in [0.05, 0.1) is 0 Å². The summed E-state index contributed by atoms with van der Waals surface area (Å²) in [5, 5.41) is 0. The molecule has 0 heterocycles. The molecule has 1 aliphatic carbocycles. The first-order chi connectivity index (χ1) is 8.49. The van der Waals surface area contributed by atoms with Gasteiger partial charge < -0.3 is 10.6 Å². The average molecular weight is 254 g/mol. The molecule has 0 aromatic heterocycles. The van der Waals surface area contributed by atoms with Crippen molar-refractivity contribution in [1.29, 1.82) is 0 Å². The van der Waals surface area contributed by atoms with Crippen molar-refractivity contribution in [1.82, 2.24) is 4.90 Å². The van der Waals surface area contributed by atoms with Crippen LogP contribution >= 0.6 is 0 Å². The Morgan fingerprint density at radius 2 is 1.89 bits per heavy atom. The quantitative estimate of drug-likeness (QED) is 0.792. The maximum Gasteiger partial charge on any atom is 0.225 e. The van der Waals surface area contributed by atoms with Crippen LogP contribution in [-0.4, -0.2) is 29.4 Å². The van der Waals surface area contributed by atoms with Gasteiger partial charge in [0.15, 0.2) is 0 Å². The molecular formula is C15H30N2O. The summed E-state index contributed by atoms with van der Waals surface area (Å²) in [5.41, 5.74) is 5.93. The molecule has 1 rings (SSSR count). The van der Waals surface area contributed by atoms with E-state index in [4.69, 9.17) is 5.73 Å². The third-order valence-corrected chi connectivity index (χ3v) is 4.05. The Hall–Kier alpha value is -0.570. The number of nitrogens with zero attached hydrogens (tertiary/aromatic N) is 1. The second-order valence-electron chi connectivity index (χ2n) is 6.12. The third-order valence-electron chi connectivity index (χ3n) is 4.05. The maximum atomic E-state index is 12.7. The van der Waals surface area contributed by atoms with Crippen molar-refractivity contribution in [3.05, 3.63) is 0 Å². The molecule has 0 aliphatic heterocycles. The highest BCUT2D eigenvalue weighted by Gasteiger charge is 2.33. The van der Waals surface area contributed by atoms with E-state index in [2.05, 4.69) is 32.6 Å². The van der Waals surface area contributed by atoms with Gasteiger partial charge in [0.1, 0.15) is 0 Å². The molecule has 0 aromatic rings. The van der Waals surface area contributed by atoms with Crippen LogP contribution < -0.4 is 5.73 Å².